The van der Waals surface area contributed by atoms with Gasteiger partial charge in [-0.15, -0.1) is 0 Å². The SMILES string of the molecule is CCCC[C@@]12CC[C@@H]([C@H]3CC(=O)O[C@H]3[C@@H]1CO)N2C(=O)OC. The summed E-state index contributed by atoms with van der Waals surface area (Å²) in [5, 5.41) is 10.0. The van der Waals surface area contributed by atoms with E-state index in [1.54, 1.807) is 0 Å². The van der Waals surface area contributed by atoms with Gasteiger partial charge in [-0.3, -0.25) is 9.69 Å². The number of unbranched alkanes of at least 4 members (excludes halogenated alkanes) is 1. The molecule has 0 saturated carbocycles. The van der Waals surface area contributed by atoms with Crippen molar-refractivity contribution in [2.75, 3.05) is 13.7 Å². The van der Waals surface area contributed by atoms with Gasteiger partial charge in [-0.2, -0.15) is 0 Å². The molecule has 1 N–H and O–H groups in total. The summed E-state index contributed by atoms with van der Waals surface area (Å²) in [6, 6.07) is -0.0106. The van der Waals surface area contributed by atoms with Gasteiger partial charge in [0.15, 0.2) is 0 Å². The Morgan fingerprint density at radius 3 is 2.95 bits per heavy atom. The van der Waals surface area contributed by atoms with Gasteiger partial charge in [-0.1, -0.05) is 19.8 Å². The van der Waals surface area contributed by atoms with Gasteiger partial charge < -0.3 is 14.6 Å². The monoisotopic (exact) mass is 311 g/mol. The molecule has 22 heavy (non-hydrogen) atoms. The number of nitrogens with zero attached hydrogens (tertiary/aromatic N) is 1. The first-order valence-electron chi connectivity index (χ1n) is 8.26. The summed E-state index contributed by atoms with van der Waals surface area (Å²) in [5.41, 5.74) is -0.436. The molecule has 5 atom stereocenters. The van der Waals surface area contributed by atoms with E-state index >= 15 is 0 Å². The predicted molar refractivity (Wildman–Crippen MR) is 78.1 cm³/mol. The zero-order valence-electron chi connectivity index (χ0n) is 13.3. The summed E-state index contributed by atoms with van der Waals surface area (Å²) in [7, 11) is 1.39. The average Bonchev–Trinajstić information content (AvgIpc) is 3.04. The molecule has 124 valence electrons. The van der Waals surface area contributed by atoms with E-state index in [2.05, 4.69) is 6.92 Å². The second-order valence-electron chi connectivity index (χ2n) is 6.76. The average molecular weight is 311 g/mol. The van der Waals surface area contributed by atoms with E-state index < -0.39 is 5.54 Å². The van der Waals surface area contributed by atoms with Crippen LogP contribution in [0.5, 0.6) is 0 Å². The highest BCUT2D eigenvalue weighted by Gasteiger charge is 2.65. The first-order chi connectivity index (χ1) is 10.6. The molecule has 1 amide bonds. The number of aliphatic hydroxyl groups excluding tert-OH is 1. The normalized spacial score (nSPS) is 39.6. The molecular weight excluding hydrogens is 286 g/mol. The van der Waals surface area contributed by atoms with Crippen LogP contribution in [-0.2, 0) is 14.3 Å². The highest BCUT2D eigenvalue weighted by molar-refractivity contribution is 5.74. The maximum Gasteiger partial charge on any atom is 0.410 e. The fourth-order valence-corrected chi connectivity index (χ4v) is 4.99. The Kier molecular flexibility index (Phi) is 4.05. The largest absolute Gasteiger partial charge is 0.461 e. The molecule has 0 aromatic heterocycles. The van der Waals surface area contributed by atoms with Gasteiger partial charge in [-0.25, -0.2) is 4.79 Å². The predicted octanol–water partition coefficient (Wildman–Crippen LogP) is 1.70. The minimum absolute atomic E-state index is 0.0106. The number of amides is 1. The van der Waals surface area contributed by atoms with Crippen molar-refractivity contribution < 1.29 is 24.2 Å². The molecular formula is C16H25NO5. The van der Waals surface area contributed by atoms with Crippen molar-refractivity contribution >= 4 is 12.1 Å². The lowest BCUT2D eigenvalue weighted by Crippen LogP contribution is -2.65. The molecule has 3 fully saturated rings. The maximum atomic E-state index is 12.4. The third-order valence-corrected chi connectivity index (χ3v) is 5.89. The number of piperidine rings is 1. The van der Waals surface area contributed by atoms with Crippen LogP contribution in [-0.4, -0.2) is 53.5 Å². The zero-order valence-corrected chi connectivity index (χ0v) is 13.3. The Hall–Kier alpha value is -1.30. The Balaban J connectivity index is 2.01. The zero-order chi connectivity index (χ0) is 15.9. The summed E-state index contributed by atoms with van der Waals surface area (Å²) < 4.78 is 10.6. The van der Waals surface area contributed by atoms with Crippen molar-refractivity contribution in [2.45, 2.75) is 63.1 Å². The molecule has 0 aromatic carbocycles. The van der Waals surface area contributed by atoms with Gasteiger partial charge in [0.2, 0.25) is 0 Å². The Labute approximate surface area is 130 Å². The number of hydrogen-bond acceptors (Lipinski definition) is 5. The second kappa shape index (κ2) is 5.72. The fraction of sp³-hybridized carbons (Fsp3) is 0.875. The quantitative estimate of drug-likeness (QED) is 0.800. The molecule has 2 bridgehead atoms. The number of ether oxygens (including phenoxy) is 2. The third-order valence-electron chi connectivity index (χ3n) is 5.89. The first-order valence-corrected chi connectivity index (χ1v) is 8.26. The Morgan fingerprint density at radius 2 is 2.32 bits per heavy atom. The number of carbonyl (C=O) groups is 2. The molecule has 3 saturated heterocycles. The van der Waals surface area contributed by atoms with E-state index in [0.717, 1.165) is 32.1 Å². The van der Waals surface area contributed by atoms with E-state index in [1.807, 2.05) is 4.90 Å². The molecule has 3 heterocycles. The molecule has 0 unspecified atom stereocenters. The van der Waals surface area contributed by atoms with Crippen molar-refractivity contribution in [2.24, 2.45) is 11.8 Å². The number of hydrogen-bond donors (Lipinski definition) is 1. The number of rotatable bonds is 4. The minimum Gasteiger partial charge on any atom is -0.461 e. The van der Waals surface area contributed by atoms with Crippen LogP contribution in [0.1, 0.15) is 45.4 Å². The van der Waals surface area contributed by atoms with Crippen LogP contribution in [0.4, 0.5) is 4.79 Å². The van der Waals surface area contributed by atoms with E-state index in [9.17, 15) is 14.7 Å². The van der Waals surface area contributed by atoms with Gasteiger partial charge in [0.1, 0.15) is 6.10 Å². The standard InChI is InChI=1S/C16H25NO5/c1-3-4-6-16-7-5-12(17(16)15(20)21-2)10-8-13(19)22-14(10)11(16)9-18/h10-12,14,18H,3-9H2,1-2H3/t10-,11+,12+,14-,16-/m1/s1. The van der Waals surface area contributed by atoms with Crippen molar-refractivity contribution in [1.82, 2.24) is 4.90 Å². The van der Waals surface area contributed by atoms with Crippen molar-refractivity contribution in [3.8, 4) is 0 Å². The number of methoxy groups -OCH3 is 1. The van der Waals surface area contributed by atoms with Gasteiger partial charge in [-0.05, 0) is 19.3 Å². The van der Waals surface area contributed by atoms with Crippen molar-refractivity contribution in [3.63, 3.8) is 0 Å². The number of carbonyl (C=O) groups excluding carboxylic acids is 2. The van der Waals surface area contributed by atoms with Crippen LogP contribution in [0.2, 0.25) is 0 Å². The van der Waals surface area contributed by atoms with Crippen LogP contribution in [0, 0.1) is 11.8 Å². The van der Waals surface area contributed by atoms with Gasteiger partial charge in [0.25, 0.3) is 0 Å². The summed E-state index contributed by atoms with van der Waals surface area (Å²) in [6.07, 6.45) is 4.26. The number of esters is 1. The van der Waals surface area contributed by atoms with Gasteiger partial charge in [0.05, 0.1) is 25.7 Å². The molecule has 0 aromatic rings. The van der Waals surface area contributed by atoms with Crippen molar-refractivity contribution in [3.05, 3.63) is 0 Å². The number of aliphatic hydroxyl groups is 1. The fourth-order valence-electron chi connectivity index (χ4n) is 4.99. The lowest BCUT2D eigenvalue weighted by Gasteiger charge is -2.52. The summed E-state index contributed by atoms with van der Waals surface area (Å²) in [4.78, 5) is 26.0. The lowest BCUT2D eigenvalue weighted by molar-refractivity contribution is -0.151. The first kappa shape index (κ1) is 15.6. The minimum atomic E-state index is -0.436. The molecule has 3 rings (SSSR count). The Morgan fingerprint density at radius 1 is 1.55 bits per heavy atom. The van der Waals surface area contributed by atoms with Crippen LogP contribution in [0.3, 0.4) is 0 Å². The van der Waals surface area contributed by atoms with Crippen LogP contribution >= 0.6 is 0 Å². The van der Waals surface area contributed by atoms with E-state index in [0.29, 0.717) is 6.42 Å². The highest BCUT2D eigenvalue weighted by Crippen LogP contribution is 2.55. The van der Waals surface area contributed by atoms with Crippen LogP contribution in [0.25, 0.3) is 0 Å². The second-order valence-corrected chi connectivity index (χ2v) is 6.76. The number of fused-ring (bicyclic) bond motifs is 4. The smallest absolute Gasteiger partial charge is 0.410 e. The lowest BCUT2D eigenvalue weighted by atomic mass is 9.70. The summed E-state index contributed by atoms with van der Waals surface area (Å²) >= 11 is 0. The molecule has 3 aliphatic rings. The van der Waals surface area contributed by atoms with Crippen LogP contribution < -0.4 is 0 Å². The molecule has 6 heteroatoms. The topological polar surface area (TPSA) is 76.1 Å². The molecule has 0 spiro atoms. The van der Waals surface area contributed by atoms with E-state index in [1.165, 1.54) is 7.11 Å². The van der Waals surface area contributed by atoms with Gasteiger partial charge in [0, 0.05) is 17.9 Å². The summed E-state index contributed by atoms with van der Waals surface area (Å²) in [6.45, 7) is 2.04. The van der Waals surface area contributed by atoms with Crippen LogP contribution in [0.15, 0.2) is 0 Å². The maximum absolute atomic E-state index is 12.4. The highest BCUT2D eigenvalue weighted by atomic mass is 16.6. The molecule has 0 aliphatic carbocycles. The summed E-state index contributed by atoms with van der Waals surface area (Å²) in [5.74, 6) is -0.439. The molecule has 0 radical (unpaired) electrons. The van der Waals surface area contributed by atoms with Crippen molar-refractivity contribution in [1.29, 1.82) is 0 Å². The molecule has 6 nitrogen and oxygen atoms in total. The Bertz CT molecular complexity index is 467. The third kappa shape index (κ3) is 2.03. The van der Waals surface area contributed by atoms with E-state index in [-0.39, 0.29) is 42.7 Å². The molecule has 3 aliphatic heterocycles. The van der Waals surface area contributed by atoms with E-state index in [4.69, 9.17) is 9.47 Å². The van der Waals surface area contributed by atoms with Gasteiger partial charge >= 0.3 is 12.1 Å².